The summed E-state index contributed by atoms with van der Waals surface area (Å²) in [5, 5.41) is 16.4. The van der Waals surface area contributed by atoms with E-state index >= 15 is 0 Å². The first-order chi connectivity index (χ1) is 8.29. The van der Waals surface area contributed by atoms with Crippen molar-refractivity contribution in [2.24, 2.45) is 5.92 Å². The summed E-state index contributed by atoms with van der Waals surface area (Å²) >= 11 is 0. The van der Waals surface area contributed by atoms with Crippen molar-refractivity contribution in [3.05, 3.63) is 12.4 Å². The maximum atomic E-state index is 8.72. The van der Waals surface area contributed by atoms with Crippen molar-refractivity contribution in [1.82, 2.24) is 9.78 Å². The van der Waals surface area contributed by atoms with Crippen LogP contribution in [-0.2, 0) is 0 Å². The summed E-state index contributed by atoms with van der Waals surface area (Å²) < 4.78 is 2.10. The molecular weight excluding hydrogens is 214 g/mol. The number of aliphatic hydroxyl groups excluding tert-OH is 1. The largest absolute Gasteiger partial charge is 0.396 e. The highest BCUT2D eigenvalue weighted by molar-refractivity contribution is 5.38. The lowest BCUT2D eigenvalue weighted by atomic mass is 9.87. The maximum absolute atomic E-state index is 8.72. The van der Waals surface area contributed by atoms with Crippen molar-refractivity contribution in [1.29, 1.82) is 0 Å². The highest BCUT2D eigenvalue weighted by Crippen LogP contribution is 2.31. The van der Waals surface area contributed by atoms with Crippen LogP contribution >= 0.6 is 0 Å². The average molecular weight is 237 g/mol. The Hall–Kier alpha value is -1.03. The van der Waals surface area contributed by atoms with E-state index in [1.54, 1.807) is 0 Å². The predicted octanol–water partition coefficient (Wildman–Crippen LogP) is 2.43. The Kier molecular flexibility index (Phi) is 4.42. The van der Waals surface area contributed by atoms with Crippen molar-refractivity contribution >= 4 is 5.69 Å². The summed E-state index contributed by atoms with van der Waals surface area (Å²) in [5.74, 6) is 0.879. The van der Waals surface area contributed by atoms with Gasteiger partial charge >= 0.3 is 0 Å². The molecule has 1 aliphatic carbocycles. The van der Waals surface area contributed by atoms with Gasteiger partial charge in [-0.15, -0.1) is 0 Å². The molecule has 1 aliphatic rings. The summed E-state index contributed by atoms with van der Waals surface area (Å²) in [4.78, 5) is 0. The van der Waals surface area contributed by atoms with Crippen molar-refractivity contribution < 1.29 is 5.11 Å². The summed E-state index contributed by atoms with van der Waals surface area (Å²) in [6, 6.07) is 0.583. The van der Waals surface area contributed by atoms with Gasteiger partial charge in [-0.25, -0.2) is 0 Å². The van der Waals surface area contributed by atoms with Crippen LogP contribution in [0.25, 0.3) is 0 Å². The Balaban J connectivity index is 1.85. The van der Waals surface area contributed by atoms with Crippen LogP contribution in [0.15, 0.2) is 12.4 Å². The molecule has 1 heterocycles. The SMILES string of the molecule is CC1CCC(n2cc(NCCCO)cn2)CC1. The Morgan fingerprint density at radius 3 is 2.88 bits per heavy atom. The van der Waals surface area contributed by atoms with E-state index in [0.717, 1.165) is 24.6 Å². The van der Waals surface area contributed by atoms with Crippen LogP contribution in [0.4, 0.5) is 5.69 Å². The van der Waals surface area contributed by atoms with Crippen LogP contribution < -0.4 is 5.32 Å². The molecule has 1 aromatic heterocycles. The van der Waals surface area contributed by atoms with Gasteiger partial charge in [0.05, 0.1) is 17.9 Å². The van der Waals surface area contributed by atoms with Gasteiger partial charge in [0.1, 0.15) is 0 Å². The number of nitrogens with one attached hydrogen (secondary N) is 1. The fourth-order valence-electron chi connectivity index (χ4n) is 2.45. The fraction of sp³-hybridized carbons (Fsp3) is 0.769. The van der Waals surface area contributed by atoms with Crippen LogP contribution in [0, 0.1) is 5.92 Å². The minimum atomic E-state index is 0.238. The normalized spacial score (nSPS) is 24.8. The molecule has 4 heteroatoms. The van der Waals surface area contributed by atoms with Crippen LogP contribution in [0.5, 0.6) is 0 Å². The minimum absolute atomic E-state index is 0.238. The van der Waals surface area contributed by atoms with E-state index in [4.69, 9.17) is 5.11 Å². The molecule has 2 N–H and O–H groups in total. The summed E-state index contributed by atoms with van der Waals surface area (Å²) in [6.45, 7) is 3.38. The third-order valence-corrected chi connectivity index (χ3v) is 3.63. The molecule has 2 rings (SSSR count). The van der Waals surface area contributed by atoms with E-state index in [1.165, 1.54) is 25.7 Å². The first-order valence-corrected chi connectivity index (χ1v) is 6.68. The zero-order chi connectivity index (χ0) is 12.1. The monoisotopic (exact) mass is 237 g/mol. The second-order valence-electron chi connectivity index (χ2n) is 5.13. The highest BCUT2D eigenvalue weighted by Gasteiger charge is 2.19. The minimum Gasteiger partial charge on any atom is -0.396 e. The lowest BCUT2D eigenvalue weighted by Crippen LogP contribution is -2.17. The van der Waals surface area contributed by atoms with Crippen molar-refractivity contribution in [3.63, 3.8) is 0 Å². The van der Waals surface area contributed by atoms with Gasteiger partial charge in [0, 0.05) is 19.3 Å². The lowest BCUT2D eigenvalue weighted by Gasteiger charge is -2.26. The Bertz CT molecular complexity index is 329. The number of nitrogens with zero attached hydrogens (tertiary/aromatic N) is 2. The van der Waals surface area contributed by atoms with Crippen LogP contribution in [-0.4, -0.2) is 28.0 Å². The number of hydrogen-bond acceptors (Lipinski definition) is 3. The standard InChI is InChI=1S/C13H23N3O/c1-11-3-5-13(6-4-11)16-10-12(9-15-16)14-7-2-8-17/h9-11,13-14,17H,2-8H2,1H3. The Morgan fingerprint density at radius 2 is 2.18 bits per heavy atom. The zero-order valence-electron chi connectivity index (χ0n) is 10.6. The third kappa shape index (κ3) is 3.46. The van der Waals surface area contributed by atoms with Gasteiger partial charge in [-0.2, -0.15) is 5.10 Å². The van der Waals surface area contributed by atoms with Crippen molar-refractivity contribution in [3.8, 4) is 0 Å². The molecule has 0 atom stereocenters. The van der Waals surface area contributed by atoms with Gasteiger partial charge in [0.25, 0.3) is 0 Å². The van der Waals surface area contributed by atoms with Gasteiger partial charge < -0.3 is 10.4 Å². The summed E-state index contributed by atoms with van der Waals surface area (Å²) in [6.07, 6.45) is 9.90. The molecule has 0 bridgehead atoms. The molecule has 0 amide bonds. The summed E-state index contributed by atoms with van der Waals surface area (Å²) in [5.41, 5.74) is 1.07. The number of aliphatic hydroxyl groups is 1. The molecule has 1 saturated carbocycles. The molecule has 0 spiro atoms. The molecule has 0 radical (unpaired) electrons. The molecular formula is C13H23N3O. The Morgan fingerprint density at radius 1 is 1.41 bits per heavy atom. The lowest BCUT2D eigenvalue weighted by molar-refractivity contribution is 0.274. The maximum Gasteiger partial charge on any atom is 0.0726 e. The summed E-state index contributed by atoms with van der Waals surface area (Å²) in [7, 11) is 0. The Labute approximate surface area is 103 Å². The number of aromatic nitrogens is 2. The van der Waals surface area contributed by atoms with E-state index in [0.29, 0.717) is 6.04 Å². The van der Waals surface area contributed by atoms with E-state index in [2.05, 4.69) is 28.2 Å². The smallest absolute Gasteiger partial charge is 0.0726 e. The molecule has 0 aliphatic heterocycles. The van der Waals surface area contributed by atoms with Gasteiger partial charge in [-0.05, 0) is 38.0 Å². The molecule has 17 heavy (non-hydrogen) atoms. The van der Waals surface area contributed by atoms with E-state index < -0.39 is 0 Å². The van der Waals surface area contributed by atoms with Crippen LogP contribution in [0.2, 0.25) is 0 Å². The second kappa shape index (κ2) is 6.05. The first-order valence-electron chi connectivity index (χ1n) is 6.68. The quantitative estimate of drug-likeness (QED) is 0.773. The number of hydrogen-bond donors (Lipinski definition) is 2. The zero-order valence-corrected chi connectivity index (χ0v) is 10.6. The van der Waals surface area contributed by atoms with Gasteiger partial charge in [-0.3, -0.25) is 4.68 Å². The van der Waals surface area contributed by atoms with Crippen LogP contribution in [0.3, 0.4) is 0 Å². The molecule has 0 aromatic carbocycles. The van der Waals surface area contributed by atoms with Crippen LogP contribution in [0.1, 0.15) is 45.1 Å². The van der Waals surface area contributed by atoms with Gasteiger partial charge in [0.2, 0.25) is 0 Å². The average Bonchev–Trinajstić information content (AvgIpc) is 2.79. The molecule has 4 nitrogen and oxygen atoms in total. The molecule has 96 valence electrons. The topological polar surface area (TPSA) is 50.1 Å². The van der Waals surface area contributed by atoms with Gasteiger partial charge in [-0.1, -0.05) is 6.92 Å². The molecule has 1 aromatic rings. The number of anilines is 1. The van der Waals surface area contributed by atoms with Crippen molar-refractivity contribution in [2.75, 3.05) is 18.5 Å². The second-order valence-corrected chi connectivity index (χ2v) is 5.13. The molecule has 0 saturated heterocycles. The fourth-order valence-corrected chi connectivity index (χ4v) is 2.45. The van der Waals surface area contributed by atoms with E-state index in [9.17, 15) is 0 Å². The van der Waals surface area contributed by atoms with E-state index in [1.807, 2.05) is 6.20 Å². The first kappa shape index (κ1) is 12.4. The highest BCUT2D eigenvalue weighted by atomic mass is 16.3. The molecule has 0 unspecified atom stereocenters. The van der Waals surface area contributed by atoms with Gasteiger partial charge in [0.15, 0.2) is 0 Å². The van der Waals surface area contributed by atoms with Crippen molar-refractivity contribution in [2.45, 2.75) is 45.1 Å². The molecule has 1 fully saturated rings. The third-order valence-electron chi connectivity index (χ3n) is 3.63. The van der Waals surface area contributed by atoms with E-state index in [-0.39, 0.29) is 6.61 Å². The number of rotatable bonds is 5. The predicted molar refractivity (Wildman–Crippen MR) is 69.1 cm³/mol.